The molecule has 0 aliphatic heterocycles. The lowest BCUT2D eigenvalue weighted by Gasteiger charge is -2.26. The maximum atomic E-state index is 12.2. The molecule has 0 spiro atoms. The fourth-order valence-corrected chi connectivity index (χ4v) is 2.13. The zero-order valence-electron chi connectivity index (χ0n) is 13.3. The minimum absolute atomic E-state index is 0.0661. The van der Waals surface area contributed by atoms with Gasteiger partial charge in [0.1, 0.15) is 0 Å². The Morgan fingerprint density at radius 3 is 2.57 bits per heavy atom. The normalized spacial score (nSPS) is 12.2. The number of amides is 1. The van der Waals surface area contributed by atoms with Crippen LogP contribution in [0.4, 0.5) is 0 Å². The van der Waals surface area contributed by atoms with Gasteiger partial charge in [-0.05, 0) is 6.42 Å². The van der Waals surface area contributed by atoms with Crippen LogP contribution >= 0.6 is 0 Å². The van der Waals surface area contributed by atoms with E-state index in [0.717, 1.165) is 13.0 Å². The summed E-state index contributed by atoms with van der Waals surface area (Å²) in [5.74, 6) is -0.614. The first kappa shape index (κ1) is 17.2. The molecule has 1 aromatic heterocycles. The zero-order valence-corrected chi connectivity index (χ0v) is 13.3. The van der Waals surface area contributed by atoms with Crippen molar-refractivity contribution in [2.24, 2.45) is 11.8 Å². The molecule has 0 saturated carbocycles. The van der Waals surface area contributed by atoms with Crippen LogP contribution in [0.1, 0.15) is 27.2 Å². The Balaban J connectivity index is 2.55. The van der Waals surface area contributed by atoms with Crippen LogP contribution in [0.25, 0.3) is 0 Å². The minimum atomic E-state index is -0.314. The predicted octanol–water partition coefficient (Wildman–Crippen LogP) is 1.57. The third-order valence-electron chi connectivity index (χ3n) is 3.31. The number of aromatic nitrogens is 2. The number of esters is 1. The smallest absolute Gasteiger partial charge is 0.310 e. The molecule has 1 rings (SSSR count). The Bertz CT molecular complexity index is 443. The van der Waals surface area contributed by atoms with Crippen molar-refractivity contribution >= 4 is 11.9 Å². The van der Waals surface area contributed by atoms with Gasteiger partial charge in [0.15, 0.2) is 0 Å². The van der Waals surface area contributed by atoms with Gasteiger partial charge in [-0.25, -0.2) is 4.98 Å². The van der Waals surface area contributed by atoms with Gasteiger partial charge >= 0.3 is 5.97 Å². The second-order valence-corrected chi connectivity index (χ2v) is 5.52. The Labute approximate surface area is 126 Å². The van der Waals surface area contributed by atoms with Gasteiger partial charge in [-0.2, -0.15) is 0 Å². The van der Waals surface area contributed by atoms with Gasteiger partial charge in [0.25, 0.3) is 0 Å². The van der Waals surface area contributed by atoms with Crippen LogP contribution in [-0.4, -0.2) is 46.5 Å². The maximum Gasteiger partial charge on any atom is 0.310 e. The molecule has 0 saturated heterocycles. The van der Waals surface area contributed by atoms with Gasteiger partial charge in [-0.3, -0.25) is 9.59 Å². The number of methoxy groups -OCH3 is 1. The molecule has 6 heteroatoms. The van der Waals surface area contributed by atoms with Gasteiger partial charge < -0.3 is 14.2 Å². The van der Waals surface area contributed by atoms with Crippen LogP contribution in [0.15, 0.2) is 18.7 Å². The first-order valence-electron chi connectivity index (χ1n) is 7.28. The van der Waals surface area contributed by atoms with E-state index in [-0.39, 0.29) is 23.7 Å². The number of rotatable bonds is 8. The highest BCUT2D eigenvalue weighted by Crippen LogP contribution is 2.09. The monoisotopic (exact) mass is 295 g/mol. The van der Waals surface area contributed by atoms with E-state index < -0.39 is 0 Å². The number of aryl methyl sites for hydroxylation is 1. The van der Waals surface area contributed by atoms with Crippen molar-refractivity contribution in [3.8, 4) is 0 Å². The molecule has 1 heterocycles. The van der Waals surface area contributed by atoms with Gasteiger partial charge in [-0.15, -0.1) is 0 Å². The number of hydrogen-bond donors (Lipinski definition) is 0. The highest BCUT2D eigenvalue weighted by atomic mass is 16.5. The average molecular weight is 295 g/mol. The zero-order chi connectivity index (χ0) is 15.8. The lowest BCUT2D eigenvalue weighted by molar-refractivity contribution is -0.146. The molecule has 0 radical (unpaired) electrons. The second kappa shape index (κ2) is 8.44. The molecule has 1 aromatic rings. The van der Waals surface area contributed by atoms with Crippen molar-refractivity contribution in [2.45, 2.75) is 33.7 Å². The summed E-state index contributed by atoms with van der Waals surface area (Å²) in [5.41, 5.74) is 0. The first-order chi connectivity index (χ1) is 9.95. The third-order valence-corrected chi connectivity index (χ3v) is 3.31. The second-order valence-electron chi connectivity index (χ2n) is 5.52. The van der Waals surface area contributed by atoms with Crippen molar-refractivity contribution in [3.63, 3.8) is 0 Å². The maximum absolute atomic E-state index is 12.2. The summed E-state index contributed by atoms with van der Waals surface area (Å²) < 4.78 is 6.70. The first-order valence-corrected chi connectivity index (χ1v) is 7.28. The molecule has 0 aliphatic carbocycles. The van der Waals surface area contributed by atoms with Crippen molar-refractivity contribution in [1.29, 1.82) is 0 Å². The van der Waals surface area contributed by atoms with Crippen molar-refractivity contribution < 1.29 is 14.3 Å². The molecule has 1 amide bonds. The van der Waals surface area contributed by atoms with Crippen LogP contribution in [0.2, 0.25) is 0 Å². The number of carbonyl (C=O) groups is 2. The Morgan fingerprint density at radius 1 is 1.33 bits per heavy atom. The SMILES string of the molecule is COC(=O)C(C)CN(CCCn1ccnc1)C(=O)C(C)C. The summed E-state index contributed by atoms with van der Waals surface area (Å²) in [7, 11) is 1.37. The van der Waals surface area contributed by atoms with E-state index in [1.165, 1.54) is 7.11 Å². The molecule has 1 unspecified atom stereocenters. The summed E-state index contributed by atoms with van der Waals surface area (Å²) in [6, 6.07) is 0. The fraction of sp³-hybridized carbons (Fsp3) is 0.667. The molecule has 0 bridgehead atoms. The van der Waals surface area contributed by atoms with Crippen molar-refractivity contribution in [2.75, 3.05) is 20.2 Å². The Hall–Kier alpha value is -1.85. The molecule has 0 aliphatic rings. The largest absolute Gasteiger partial charge is 0.469 e. The molecule has 118 valence electrons. The molecule has 1 atom stereocenters. The number of ether oxygens (including phenoxy) is 1. The average Bonchev–Trinajstić information content (AvgIpc) is 2.97. The van der Waals surface area contributed by atoms with Crippen LogP contribution in [0, 0.1) is 11.8 Å². The molecule has 0 aromatic carbocycles. The highest BCUT2D eigenvalue weighted by molar-refractivity contribution is 5.79. The molecular weight excluding hydrogens is 270 g/mol. The third kappa shape index (κ3) is 5.57. The highest BCUT2D eigenvalue weighted by Gasteiger charge is 2.22. The van der Waals surface area contributed by atoms with E-state index in [0.29, 0.717) is 13.1 Å². The number of nitrogens with zero attached hydrogens (tertiary/aromatic N) is 3. The van der Waals surface area contributed by atoms with Gasteiger partial charge in [0, 0.05) is 37.9 Å². The van der Waals surface area contributed by atoms with E-state index in [2.05, 4.69) is 4.98 Å². The van der Waals surface area contributed by atoms with Crippen LogP contribution in [-0.2, 0) is 20.9 Å². The van der Waals surface area contributed by atoms with E-state index in [9.17, 15) is 9.59 Å². The predicted molar refractivity (Wildman–Crippen MR) is 79.4 cm³/mol. The fourth-order valence-electron chi connectivity index (χ4n) is 2.13. The summed E-state index contributed by atoms with van der Waals surface area (Å²) in [6.07, 6.45) is 6.20. The van der Waals surface area contributed by atoms with E-state index in [1.54, 1.807) is 24.3 Å². The quantitative estimate of drug-likeness (QED) is 0.683. The summed E-state index contributed by atoms with van der Waals surface area (Å²) in [4.78, 5) is 29.5. The Morgan fingerprint density at radius 2 is 2.05 bits per heavy atom. The van der Waals surface area contributed by atoms with Gasteiger partial charge in [-0.1, -0.05) is 20.8 Å². The molecular formula is C15H25N3O3. The molecule has 6 nitrogen and oxygen atoms in total. The van der Waals surface area contributed by atoms with E-state index in [4.69, 9.17) is 4.74 Å². The lowest BCUT2D eigenvalue weighted by atomic mass is 10.1. The van der Waals surface area contributed by atoms with Crippen molar-refractivity contribution in [1.82, 2.24) is 14.5 Å². The lowest BCUT2D eigenvalue weighted by Crippen LogP contribution is -2.40. The Kier molecular flexibility index (Phi) is 6.91. The van der Waals surface area contributed by atoms with Crippen LogP contribution < -0.4 is 0 Å². The summed E-state index contributed by atoms with van der Waals surface area (Å²) in [6.45, 7) is 7.34. The summed E-state index contributed by atoms with van der Waals surface area (Å²) in [5, 5.41) is 0. The number of carbonyl (C=O) groups excluding carboxylic acids is 2. The van der Waals surface area contributed by atoms with E-state index in [1.807, 2.05) is 24.6 Å². The molecule has 21 heavy (non-hydrogen) atoms. The standard InChI is InChI=1S/C15H25N3O3/c1-12(2)14(19)18(10-13(3)15(20)21-4)8-5-7-17-9-6-16-11-17/h6,9,11-13H,5,7-8,10H2,1-4H3. The van der Waals surface area contributed by atoms with Gasteiger partial charge in [0.05, 0.1) is 19.4 Å². The van der Waals surface area contributed by atoms with E-state index >= 15 is 0 Å². The topological polar surface area (TPSA) is 64.4 Å². The minimum Gasteiger partial charge on any atom is -0.469 e. The van der Waals surface area contributed by atoms with Crippen LogP contribution in [0.5, 0.6) is 0 Å². The van der Waals surface area contributed by atoms with Crippen molar-refractivity contribution in [3.05, 3.63) is 18.7 Å². The summed E-state index contributed by atoms with van der Waals surface area (Å²) >= 11 is 0. The number of hydrogen-bond acceptors (Lipinski definition) is 4. The van der Waals surface area contributed by atoms with Gasteiger partial charge in [0.2, 0.25) is 5.91 Å². The molecule has 0 fully saturated rings. The molecule has 0 N–H and O–H groups in total. The number of imidazole rings is 1. The van der Waals surface area contributed by atoms with Crippen LogP contribution in [0.3, 0.4) is 0 Å².